The smallest absolute Gasteiger partial charge is 0.163 e. The summed E-state index contributed by atoms with van der Waals surface area (Å²) in [7, 11) is 0. The molecule has 1 aliphatic heterocycles. The van der Waals surface area contributed by atoms with Crippen LogP contribution in [0.3, 0.4) is 0 Å². The van der Waals surface area contributed by atoms with Gasteiger partial charge in [-0.1, -0.05) is 19.3 Å². The van der Waals surface area contributed by atoms with Crippen LogP contribution in [0.4, 0.5) is 0 Å². The fourth-order valence-corrected chi connectivity index (χ4v) is 2.57. The van der Waals surface area contributed by atoms with Gasteiger partial charge in [-0.25, -0.2) is 0 Å². The Kier molecular flexibility index (Phi) is 2.12. The average molecular weight is 170 g/mol. The second kappa shape index (κ2) is 3.10. The van der Waals surface area contributed by atoms with E-state index in [0.717, 1.165) is 17.6 Å². The van der Waals surface area contributed by atoms with Crippen LogP contribution >= 0.6 is 12.2 Å². The summed E-state index contributed by atoms with van der Waals surface area (Å²) < 4.78 is 5.39. The maximum absolute atomic E-state index is 5.39. The number of fused-ring (bicyclic) bond motifs is 1. The molecule has 1 nitrogen and oxygen atoms in total. The molecule has 0 aromatic heterocycles. The minimum atomic E-state index is 0.632. The monoisotopic (exact) mass is 170 g/mol. The summed E-state index contributed by atoms with van der Waals surface area (Å²) in [6.07, 6.45) is 6.75. The fraction of sp³-hybridized carbons (Fsp3) is 0.889. The van der Waals surface area contributed by atoms with E-state index in [0.29, 0.717) is 5.92 Å². The highest BCUT2D eigenvalue weighted by molar-refractivity contribution is 7.80. The van der Waals surface area contributed by atoms with Crippen LogP contribution in [0.25, 0.3) is 0 Å². The Bertz CT molecular complexity index is 167. The lowest BCUT2D eigenvalue weighted by Crippen LogP contribution is -2.12. The van der Waals surface area contributed by atoms with E-state index in [2.05, 4.69) is 0 Å². The normalized spacial score (nSPS) is 37.6. The summed E-state index contributed by atoms with van der Waals surface area (Å²) in [5.41, 5.74) is 0. The van der Waals surface area contributed by atoms with Crippen molar-refractivity contribution in [3.8, 4) is 0 Å². The molecule has 0 spiro atoms. The Morgan fingerprint density at radius 1 is 1.18 bits per heavy atom. The molecule has 2 atom stereocenters. The molecule has 1 saturated heterocycles. The van der Waals surface area contributed by atoms with Crippen molar-refractivity contribution in [3.05, 3.63) is 0 Å². The Morgan fingerprint density at radius 2 is 2.00 bits per heavy atom. The van der Waals surface area contributed by atoms with Gasteiger partial charge in [0.15, 0.2) is 5.05 Å². The Morgan fingerprint density at radius 3 is 2.91 bits per heavy atom. The lowest BCUT2D eigenvalue weighted by Gasteiger charge is -2.10. The molecular formula is C9H14OS. The van der Waals surface area contributed by atoms with Crippen molar-refractivity contribution >= 4 is 17.3 Å². The lowest BCUT2D eigenvalue weighted by atomic mass is 9.92. The van der Waals surface area contributed by atoms with Gasteiger partial charge in [0.05, 0.1) is 6.61 Å². The highest BCUT2D eigenvalue weighted by Gasteiger charge is 2.33. The molecule has 1 saturated carbocycles. The number of hydrogen-bond acceptors (Lipinski definition) is 2. The summed E-state index contributed by atoms with van der Waals surface area (Å²) >= 11 is 5.15. The van der Waals surface area contributed by atoms with Gasteiger partial charge in [-0.3, -0.25) is 0 Å². The van der Waals surface area contributed by atoms with E-state index in [1.165, 1.54) is 32.1 Å². The van der Waals surface area contributed by atoms with E-state index >= 15 is 0 Å². The first-order valence-electron chi connectivity index (χ1n) is 4.54. The molecule has 11 heavy (non-hydrogen) atoms. The second-order valence-electron chi connectivity index (χ2n) is 3.63. The predicted molar refractivity (Wildman–Crippen MR) is 48.6 cm³/mol. The van der Waals surface area contributed by atoms with Crippen LogP contribution < -0.4 is 0 Å². The third kappa shape index (κ3) is 1.41. The molecule has 0 bridgehead atoms. The molecule has 2 unspecified atom stereocenters. The van der Waals surface area contributed by atoms with E-state index in [4.69, 9.17) is 17.0 Å². The molecule has 1 heterocycles. The molecule has 2 rings (SSSR count). The average Bonchev–Trinajstić information content (AvgIpc) is 2.25. The molecule has 2 fully saturated rings. The molecule has 1 aliphatic carbocycles. The van der Waals surface area contributed by atoms with E-state index in [1.54, 1.807) is 0 Å². The standard InChI is InChI=1S/C9H14OS/c11-9-8-5-3-1-2-4-7(8)6-10-9/h7-8H,1-6H2. The Hall–Kier alpha value is -0.110. The topological polar surface area (TPSA) is 9.23 Å². The zero-order chi connectivity index (χ0) is 7.68. The van der Waals surface area contributed by atoms with Crippen molar-refractivity contribution in [1.82, 2.24) is 0 Å². The summed E-state index contributed by atoms with van der Waals surface area (Å²) in [4.78, 5) is 0. The van der Waals surface area contributed by atoms with Crippen LogP contribution in [0.1, 0.15) is 32.1 Å². The van der Waals surface area contributed by atoms with Gasteiger partial charge in [0.25, 0.3) is 0 Å². The third-order valence-corrected chi connectivity index (χ3v) is 3.32. The summed E-state index contributed by atoms with van der Waals surface area (Å²) in [6, 6.07) is 0. The van der Waals surface area contributed by atoms with Crippen LogP contribution in [0.2, 0.25) is 0 Å². The molecule has 0 amide bonds. The first kappa shape index (κ1) is 7.53. The molecule has 0 N–H and O–H groups in total. The Balaban J connectivity index is 2.06. The number of thiocarbonyl (C=S) groups is 1. The van der Waals surface area contributed by atoms with Crippen LogP contribution in [0, 0.1) is 11.8 Å². The quantitative estimate of drug-likeness (QED) is 0.517. The number of hydrogen-bond donors (Lipinski definition) is 0. The predicted octanol–water partition coefficient (Wildman–Crippen LogP) is 2.54. The number of rotatable bonds is 0. The molecule has 0 aromatic carbocycles. The minimum Gasteiger partial charge on any atom is -0.486 e. The fourth-order valence-electron chi connectivity index (χ4n) is 2.19. The van der Waals surface area contributed by atoms with E-state index in [-0.39, 0.29) is 0 Å². The first-order chi connectivity index (χ1) is 5.38. The summed E-state index contributed by atoms with van der Waals surface area (Å²) in [5, 5.41) is 0.900. The number of ether oxygens (including phenoxy) is 1. The summed E-state index contributed by atoms with van der Waals surface area (Å²) in [6.45, 7) is 0.906. The first-order valence-corrected chi connectivity index (χ1v) is 4.95. The van der Waals surface area contributed by atoms with Crippen LogP contribution in [-0.2, 0) is 4.74 Å². The van der Waals surface area contributed by atoms with Crippen molar-refractivity contribution in [2.24, 2.45) is 11.8 Å². The lowest BCUT2D eigenvalue weighted by molar-refractivity contribution is 0.287. The zero-order valence-electron chi connectivity index (χ0n) is 6.71. The van der Waals surface area contributed by atoms with Crippen LogP contribution in [0.5, 0.6) is 0 Å². The van der Waals surface area contributed by atoms with Crippen LogP contribution in [0.15, 0.2) is 0 Å². The highest BCUT2D eigenvalue weighted by atomic mass is 32.1. The van der Waals surface area contributed by atoms with Gasteiger partial charge >= 0.3 is 0 Å². The van der Waals surface area contributed by atoms with Crippen molar-refractivity contribution in [2.75, 3.05) is 6.61 Å². The van der Waals surface area contributed by atoms with E-state index in [1.807, 2.05) is 0 Å². The Labute approximate surface area is 73.1 Å². The molecule has 62 valence electrons. The molecule has 0 radical (unpaired) electrons. The van der Waals surface area contributed by atoms with Crippen molar-refractivity contribution in [2.45, 2.75) is 32.1 Å². The maximum atomic E-state index is 5.39. The molecule has 2 aliphatic rings. The van der Waals surface area contributed by atoms with E-state index < -0.39 is 0 Å². The molecule has 2 heteroatoms. The van der Waals surface area contributed by atoms with Gasteiger partial charge in [0.1, 0.15) is 0 Å². The van der Waals surface area contributed by atoms with Gasteiger partial charge in [-0.15, -0.1) is 0 Å². The zero-order valence-corrected chi connectivity index (χ0v) is 7.53. The third-order valence-electron chi connectivity index (χ3n) is 2.90. The largest absolute Gasteiger partial charge is 0.486 e. The van der Waals surface area contributed by atoms with Gasteiger partial charge in [-0.05, 0) is 25.1 Å². The van der Waals surface area contributed by atoms with Crippen molar-refractivity contribution < 1.29 is 4.74 Å². The van der Waals surface area contributed by atoms with Gasteiger partial charge < -0.3 is 4.74 Å². The van der Waals surface area contributed by atoms with Gasteiger partial charge in [-0.2, -0.15) is 0 Å². The van der Waals surface area contributed by atoms with Crippen molar-refractivity contribution in [3.63, 3.8) is 0 Å². The van der Waals surface area contributed by atoms with E-state index in [9.17, 15) is 0 Å². The SMILES string of the molecule is S=C1OCC2CCCCCC12. The van der Waals surface area contributed by atoms with Gasteiger partial charge in [0.2, 0.25) is 0 Å². The molecule has 0 aromatic rings. The van der Waals surface area contributed by atoms with Gasteiger partial charge in [0, 0.05) is 11.8 Å². The minimum absolute atomic E-state index is 0.632. The maximum Gasteiger partial charge on any atom is 0.163 e. The highest BCUT2D eigenvalue weighted by Crippen LogP contribution is 2.34. The van der Waals surface area contributed by atoms with Crippen LogP contribution in [-0.4, -0.2) is 11.7 Å². The summed E-state index contributed by atoms with van der Waals surface area (Å²) in [5.74, 6) is 1.40. The van der Waals surface area contributed by atoms with Crippen molar-refractivity contribution in [1.29, 1.82) is 0 Å². The second-order valence-corrected chi connectivity index (χ2v) is 4.04. The molecular weight excluding hydrogens is 156 g/mol.